The molecular weight excluding hydrogens is 319 g/mol. The molecule has 21 heavy (non-hydrogen) atoms. The largest absolute Gasteiger partial charge is 0.508 e. The van der Waals surface area contributed by atoms with Gasteiger partial charge in [0.15, 0.2) is 0 Å². The molecule has 0 radical (unpaired) electrons. The molecule has 0 amide bonds. The van der Waals surface area contributed by atoms with E-state index < -0.39 is 22.7 Å². The number of rotatable bonds is 4. The predicted molar refractivity (Wildman–Crippen MR) is 81.0 cm³/mol. The van der Waals surface area contributed by atoms with Crippen molar-refractivity contribution in [1.29, 1.82) is 0 Å². The van der Waals surface area contributed by atoms with Gasteiger partial charge >= 0.3 is 0 Å². The van der Waals surface area contributed by atoms with Gasteiger partial charge in [0, 0.05) is 11.1 Å². The summed E-state index contributed by atoms with van der Waals surface area (Å²) in [5.74, 6) is -0.226. The highest BCUT2D eigenvalue weighted by molar-refractivity contribution is 6.69. The molecular formula is C14H16Cl2O5. The Morgan fingerprint density at radius 3 is 1.52 bits per heavy atom. The van der Waals surface area contributed by atoms with E-state index in [1.165, 1.54) is 6.07 Å². The van der Waals surface area contributed by atoms with Gasteiger partial charge < -0.3 is 15.3 Å². The molecule has 0 bridgehead atoms. The van der Waals surface area contributed by atoms with Crippen LogP contribution < -0.4 is 0 Å². The molecule has 0 aliphatic rings. The molecule has 1 aromatic rings. The van der Waals surface area contributed by atoms with Crippen molar-refractivity contribution in [2.24, 2.45) is 0 Å². The second-order valence-corrected chi connectivity index (χ2v) is 4.87. The lowest BCUT2D eigenvalue weighted by Gasteiger charge is -1.98. The average molecular weight is 335 g/mol. The highest BCUT2D eigenvalue weighted by Crippen LogP contribution is 2.18. The zero-order chi connectivity index (χ0) is 16.6. The van der Waals surface area contributed by atoms with Crippen LogP contribution >= 0.6 is 23.2 Å². The van der Waals surface area contributed by atoms with Crippen LogP contribution in [0.2, 0.25) is 0 Å². The summed E-state index contributed by atoms with van der Waals surface area (Å²) in [6.07, 6.45) is 2.18. The van der Waals surface area contributed by atoms with Crippen LogP contribution in [0.4, 0.5) is 0 Å². The van der Waals surface area contributed by atoms with Gasteiger partial charge in [-0.3, -0.25) is 9.59 Å². The molecule has 5 nitrogen and oxygen atoms in total. The Labute approximate surface area is 132 Å². The molecule has 1 rings (SSSR count). The Morgan fingerprint density at radius 1 is 0.952 bits per heavy atom. The molecule has 0 saturated heterocycles. The Hall–Kier alpha value is -1.40. The van der Waals surface area contributed by atoms with Crippen molar-refractivity contribution in [2.75, 3.05) is 0 Å². The molecule has 0 aliphatic heterocycles. The van der Waals surface area contributed by atoms with E-state index in [2.05, 4.69) is 0 Å². The molecule has 1 aromatic carbocycles. The van der Waals surface area contributed by atoms with Crippen molar-refractivity contribution in [2.45, 2.75) is 26.1 Å². The van der Waals surface area contributed by atoms with Crippen LogP contribution in [0.1, 0.15) is 34.6 Å². The van der Waals surface area contributed by atoms with Gasteiger partial charge in [-0.15, -0.1) is 0 Å². The summed E-state index contributed by atoms with van der Waals surface area (Å²) < 4.78 is 0. The van der Waals surface area contributed by atoms with Crippen LogP contribution in [0.25, 0.3) is 0 Å². The van der Waals surface area contributed by atoms with Gasteiger partial charge in [0.2, 0.25) is 0 Å². The summed E-state index contributed by atoms with van der Waals surface area (Å²) in [4.78, 5) is 21.3. The van der Waals surface area contributed by atoms with Gasteiger partial charge in [-0.1, -0.05) is 12.2 Å². The number of carbonyl (C=O) groups is 2. The SMILES string of the molecule is CC(O)/C=C/C(C)O.O=C(Cl)c1cc(O)cc(C(=O)Cl)c1. The Balaban J connectivity index is 0.000000433. The molecule has 2 atom stereocenters. The number of aliphatic hydroxyl groups excluding tert-OH is 2. The van der Waals surface area contributed by atoms with Crippen LogP contribution in [-0.2, 0) is 0 Å². The van der Waals surface area contributed by atoms with Crippen LogP contribution in [-0.4, -0.2) is 38.0 Å². The maximum absolute atomic E-state index is 10.7. The highest BCUT2D eigenvalue weighted by Gasteiger charge is 2.09. The summed E-state index contributed by atoms with van der Waals surface area (Å²) in [5, 5.41) is 24.8. The fourth-order valence-corrected chi connectivity index (χ4v) is 1.38. The maximum atomic E-state index is 10.7. The van der Waals surface area contributed by atoms with Crippen LogP contribution in [0, 0.1) is 0 Å². The quantitative estimate of drug-likeness (QED) is 0.580. The number of carbonyl (C=O) groups excluding carboxylic acids is 2. The molecule has 0 spiro atoms. The second kappa shape index (κ2) is 9.52. The van der Waals surface area contributed by atoms with E-state index in [0.717, 1.165) is 12.1 Å². The first kappa shape index (κ1) is 19.6. The molecule has 3 N–H and O–H groups in total. The monoisotopic (exact) mass is 334 g/mol. The summed E-state index contributed by atoms with van der Waals surface area (Å²) in [5.41, 5.74) is 0.0660. The van der Waals surface area contributed by atoms with Crippen molar-refractivity contribution in [3.8, 4) is 5.75 Å². The molecule has 2 unspecified atom stereocenters. The fraction of sp³-hybridized carbons (Fsp3) is 0.286. The molecule has 0 aliphatic carbocycles. The third kappa shape index (κ3) is 9.20. The minimum atomic E-state index is -0.755. The molecule has 0 saturated carbocycles. The fourth-order valence-electron chi connectivity index (χ4n) is 1.16. The second-order valence-electron chi connectivity index (χ2n) is 4.18. The zero-order valence-corrected chi connectivity index (χ0v) is 13.0. The van der Waals surface area contributed by atoms with Gasteiger partial charge in [-0.25, -0.2) is 0 Å². The van der Waals surface area contributed by atoms with Gasteiger partial charge in [0.05, 0.1) is 12.2 Å². The summed E-state index contributed by atoms with van der Waals surface area (Å²) in [6, 6.07) is 3.52. The average Bonchev–Trinajstić information content (AvgIpc) is 2.36. The number of aliphatic hydroxyl groups is 2. The van der Waals surface area contributed by atoms with Gasteiger partial charge in [-0.2, -0.15) is 0 Å². The lowest BCUT2D eigenvalue weighted by molar-refractivity contribution is 0.108. The van der Waals surface area contributed by atoms with Crippen LogP contribution in [0.3, 0.4) is 0 Å². The first-order chi connectivity index (χ1) is 9.63. The van der Waals surface area contributed by atoms with E-state index >= 15 is 0 Å². The number of phenolic OH excluding ortho intramolecular Hbond substituents is 1. The standard InChI is InChI=1S/C8H4Cl2O3.C6H12O2/c9-7(12)4-1-5(8(10)13)3-6(11)2-4;1-5(7)3-4-6(2)8/h1-3,11H;3-8H,1-2H3/b;4-3+. The van der Waals surface area contributed by atoms with Gasteiger partial charge in [0.1, 0.15) is 5.75 Å². The Morgan fingerprint density at radius 2 is 1.29 bits per heavy atom. The van der Waals surface area contributed by atoms with Crippen molar-refractivity contribution < 1.29 is 24.9 Å². The van der Waals surface area contributed by atoms with Gasteiger partial charge in [-0.05, 0) is 55.2 Å². The summed E-state index contributed by atoms with van der Waals surface area (Å²) >= 11 is 10.3. The first-order valence-corrected chi connectivity index (χ1v) is 6.67. The van der Waals surface area contributed by atoms with E-state index in [1.54, 1.807) is 26.0 Å². The number of hydrogen-bond acceptors (Lipinski definition) is 5. The Kier molecular flexibility index (Phi) is 8.89. The van der Waals surface area contributed by atoms with Crippen LogP contribution in [0.5, 0.6) is 5.75 Å². The van der Waals surface area contributed by atoms with Gasteiger partial charge in [0.25, 0.3) is 10.5 Å². The number of phenols is 1. The number of benzene rings is 1. The first-order valence-electron chi connectivity index (χ1n) is 5.91. The van der Waals surface area contributed by atoms with Crippen LogP contribution in [0.15, 0.2) is 30.4 Å². The maximum Gasteiger partial charge on any atom is 0.252 e. The number of hydrogen-bond donors (Lipinski definition) is 3. The van der Waals surface area contributed by atoms with E-state index in [4.69, 9.17) is 38.5 Å². The molecule has 7 heteroatoms. The van der Waals surface area contributed by atoms with E-state index in [1.807, 2.05) is 0 Å². The number of halogens is 2. The predicted octanol–water partition coefficient (Wildman–Crippen LogP) is 2.45. The van der Waals surface area contributed by atoms with Crippen molar-refractivity contribution >= 4 is 33.7 Å². The van der Waals surface area contributed by atoms with Crippen molar-refractivity contribution in [3.05, 3.63) is 41.5 Å². The van der Waals surface area contributed by atoms with E-state index in [9.17, 15) is 9.59 Å². The minimum Gasteiger partial charge on any atom is -0.508 e. The molecule has 0 fully saturated rings. The smallest absolute Gasteiger partial charge is 0.252 e. The topological polar surface area (TPSA) is 94.8 Å². The normalized spacial score (nSPS) is 13.2. The van der Waals surface area contributed by atoms with Crippen molar-refractivity contribution in [1.82, 2.24) is 0 Å². The molecule has 0 heterocycles. The minimum absolute atomic E-state index is 0.0330. The van der Waals surface area contributed by atoms with E-state index in [-0.39, 0.29) is 16.9 Å². The zero-order valence-electron chi connectivity index (χ0n) is 11.5. The highest BCUT2D eigenvalue weighted by atomic mass is 35.5. The third-order valence-corrected chi connectivity index (χ3v) is 2.48. The molecule has 0 aromatic heterocycles. The number of aromatic hydroxyl groups is 1. The summed E-state index contributed by atoms with van der Waals surface area (Å²) in [7, 11) is 0. The summed E-state index contributed by atoms with van der Waals surface area (Å²) in [6.45, 7) is 3.28. The Bertz CT molecular complexity index is 482. The molecule has 116 valence electrons. The third-order valence-electron chi connectivity index (χ3n) is 2.04. The van der Waals surface area contributed by atoms with Crippen molar-refractivity contribution in [3.63, 3.8) is 0 Å². The van der Waals surface area contributed by atoms with E-state index in [0.29, 0.717) is 0 Å². The lowest BCUT2D eigenvalue weighted by Crippen LogP contribution is -1.97. The lowest BCUT2D eigenvalue weighted by atomic mass is 10.1.